The van der Waals surface area contributed by atoms with Crippen molar-refractivity contribution in [3.8, 4) is 0 Å². The SMILES string of the molecule is CC[C@H](C)N(Cc1ccccc1C)C[C@@H](O)COCc1ccccc1. The van der Waals surface area contributed by atoms with Crippen LogP contribution in [-0.4, -0.2) is 35.3 Å². The lowest BCUT2D eigenvalue weighted by Gasteiger charge is -2.31. The van der Waals surface area contributed by atoms with Gasteiger partial charge in [0.05, 0.1) is 19.3 Å². The average Bonchev–Trinajstić information content (AvgIpc) is 2.63. The first kappa shape index (κ1) is 19.6. The third kappa shape index (κ3) is 6.62. The predicted molar refractivity (Wildman–Crippen MR) is 103 cm³/mol. The summed E-state index contributed by atoms with van der Waals surface area (Å²) >= 11 is 0. The van der Waals surface area contributed by atoms with E-state index >= 15 is 0 Å². The van der Waals surface area contributed by atoms with Crippen molar-refractivity contribution in [1.29, 1.82) is 0 Å². The number of rotatable bonds is 10. The summed E-state index contributed by atoms with van der Waals surface area (Å²) in [5, 5.41) is 10.4. The monoisotopic (exact) mass is 341 g/mol. The Kier molecular flexibility index (Phi) is 8.13. The minimum Gasteiger partial charge on any atom is -0.389 e. The molecular weight excluding hydrogens is 310 g/mol. The van der Waals surface area contributed by atoms with Gasteiger partial charge in [-0.3, -0.25) is 4.90 Å². The fourth-order valence-corrected chi connectivity index (χ4v) is 2.88. The maximum Gasteiger partial charge on any atom is 0.0900 e. The van der Waals surface area contributed by atoms with Gasteiger partial charge in [0.2, 0.25) is 0 Å². The van der Waals surface area contributed by atoms with E-state index in [1.54, 1.807) is 0 Å². The molecule has 0 aliphatic rings. The zero-order valence-electron chi connectivity index (χ0n) is 15.7. The molecule has 136 valence electrons. The Morgan fingerprint density at radius 1 is 1.04 bits per heavy atom. The molecule has 1 N–H and O–H groups in total. The maximum atomic E-state index is 10.4. The molecule has 0 aromatic heterocycles. The molecule has 0 saturated carbocycles. The Hall–Kier alpha value is -1.68. The normalized spacial score (nSPS) is 13.8. The number of benzene rings is 2. The molecule has 2 aromatic carbocycles. The number of ether oxygens (including phenoxy) is 1. The number of aryl methyl sites for hydroxylation is 1. The minimum absolute atomic E-state index is 0.357. The fourth-order valence-electron chi connectivity index (χ4n) is 2.88. The van der Waals surface area contributed by atoms with Crippen LogP contribution < -0.4 is 0 Å². The quantitative estimate of drug-likeness (QED) is 0.704. The van der Waals surface area contributed by atoms with E-state index in [1.807, 2.05) is 30.3 Å². The van der Waals surface area contributed by atoms with Crippen LogP contribution in [0.3, 0.4) is 0 Å². The lowest BCUT2D eigenvalue weighted by Crippen LogP contribution is -2.40. The fraction of sp³-hybridized carbons (Fsp3) is 0.455. The Morgan fingerprint density at radius 3 is 2.40 bits per heavy atom. The summed E-state index contributed by atoms with van der Waals surface area (Å²) in [5.41, 5.74) is 3.75. The summed E-state index contributed by atoms with van der Waals surface area (Å²) < 4.78 is 5.69. The number of aliphatic hydroxyl groups is 1. The van der Waals surface area contributed by atoms with Gasteiger partial charge in [-0.05, 0) is 37.0 Å². The van der Waals surface area contributed by atoms with Gasteiger partial charge in [0.25, 0.3) is 0 Å². The summed E-state index contributed by atoms with van der Waals surface area (Å²) in [6.45, 7) is 8.93. The van der Waals surface area contributed by atoms with Crippen LogP contribution in [0.15, 0.2) is 54.6 Å². The van der Waals surface area contributed by atoms with Gasteiger partial charge in [-0.15, -0.1) is 0 Å². The summed E-state index contributed by atoms with van der Waals surface area (Å²) in [5.74, 6) is 0. The van der Waals surface area contributed by atoms with E-state index in [4.69, 9.17) is 4.74 Å². The van der Waals surface area contributed by atoms with Crippen molar-refractivity contribution in [3.63, 3.8) is 0 Å². The highest BCUT2D eigenvalue weighted by Crippen LogP contribution is 2.15. The molecule has 2 aromatic rings. The van der Waals surface area contributed by atoms with Gasteiger partial charge >= 0.3 is 0 Å². The molecule has 0 spiro atoms. The molecule has 0 heterocycles. The van der Waals surface area contributed by atoms with Crippen molar-refractivity contribution in [2.45, 2.75) is 52.5 Å². The van der Waals surface area contributed by atoms with Gasteiger partial charge in [0.15, 0.2) is 0 Å². The molecule has 25 heavy (non-hydrogen) atoms. The van der Waals surface area contributed by atoms with Crippen molar-refractivity contribution in [1.82, 2.24) is 4.90 Å². The van der Waals surface area contributed by atoms with Crippen molar-refractivity contribution in [3.05, 3.63) is 71.3 Å². The Labute approximate surface area is 152 Å². The summed E-state index contributed by atoms with van der Waals surface area (Å²) in [4.78, 5) is 2.35. The van der Waals surface area contributed by atoms with Gasteiger partial charge < -0.3 is 9.84 Å². The smallest absolute Gasteiger partial charge is 0.0900 e. The zero-order valence-corrected chi connectivity index (χ0v) is 15.7. The van der Waals surface area contributed by atoms with Crippen LogP contribution in [0.4, 0.5) is 0 Å². The Balaban J connectivity index is 1.86. The number of aliphatic hydroxyl groups excluding tert-OH is 1. The van der Waals surface area contributed by atoms with Gasteiger partial charge in [0, 0.05) is 19.1 Å². The van der Waals surface area contributed by atoms with Gasteiger partial charge in [0.1, 0.15) is 0 Å². The van der Waals surface area contributed by atoms with Crippen molar-refractivity contribution in [2.75, 3.05) is 13.2 Å². The Morgan fingerprint density at radius 2 is 1.72 bits per heavy atom. The van der Waals surface area contributed by atoms with Crippen molar-refractivity contribution in [2.24, 2.45) is 0 Å². The van der Waals surface area contributed by atoms with Crippen LogP contribution in [0, 0.1) is 6.92 Å². The highest BCUT2D eigenvalue weighted by Gasteiger charge is 2.18. The zero-order chi connectivity index (χ0) is 18.1. The van der Waals surface area contributed by atoms with Gasteiger partial charge in [-0.25, -0.2) is 0 Å². The summed E-state index contributed by atoms with van der Waals surface area (Å²) in [6.07, 6.45) is 0.574. The second-order valence-electron chi connectivity index (χ2n) is 6.77. The molecule has 0 aliphatic carbocycles. The van der Waals surface area contributed by atoms with E-state index in [2.05, 4.69) is 49.9 Å². The second kappa shape index (κ2) is 10.3. The number of hydrogen-bond donors (Lipinski definition) is 1. The molecule has 0 amide bonds. The number of nitrogens with zero attached hydrogens (tertiary/aromatic N) is 1. The largest absolute Gasteiger partial charge is 0.389 e. The van der Waals surface area contributed by atoms with Crippen LogP contribution in [0.1, 0.15) is 37.0 Å². The molecule has 0 fully saturated rings. The third-order valence-corrected chi connectivity index (χ3v) is 4.72. The van der Waals surface area contributed by atoms with E-state index < -0.39 is 6.10 Å². The average molecular weight is 341 g/mol. The lowest BCUT2D eigenvalue weighted by atomic mass is 10.1. The third-order valence-electron chi connectivity index (χ3n) is 4.72. The van der Waals surface area contributed by atoms with E-state index in [0.717, 1.165) is 18.5 Å². The molecule has 0 saturated heterocycles. The molecule has 0 unspecified atom stereocenters. The van der Waals surface area contributed by atoms with Gasteiger partial charge in [-0.2, -0.15) is 0 Å². The van der Waals surface area contributed by atoms with Crippen LogP contribution in [-0.2, 0) is 17.9 Å². The molecular formula is C22H31NO2. The van der Waals surface area contributed by atoms with Gasteiger partial charge in [-0.1, -0.05) is 61.5 Å². The molecule has 3 nitrogen and oxygen atoms in total. The topological polar surface area (TPSA) is 32.7 Å². The van der Waals surface area contributed by atoms with E-state index in [9.17, 15) is 5.11 Å². The van der Waals surface area contributed by atoms with E-state index in [0.29, 0.717) is 25.8 Å². The van der Waals surface area contributed by atoms with E-state index in [1.165, 1.54) is 11.1 Å². The van der Waals surface area contributed by atoms with Crippen molar-refractivity contribution < 1.29 is 9.84 Å². The first-order valence-electron chi connectivity index (χ1n) is 9.18. The molecule has 0 aliphatic heterocycles. The first-order valence-corrected chi connectivity index (χ1v) is 9.18. The van der Waals surface area contributed by atoms with Crippen LogP contribution >= 0.6 is 0 Å². The molecule has 2 rings (SSSR count). The summed E-state index contributed by atoms with van der Waals surface area (Å²) in [6, 6.07) is 19.0. The standard InChI is InChI=1S/C22H31NO2/c1-4-19(3)23(14-21-13-9-8-10-18(21)2)15-22(24)17-25-16-20-11-6-5-7-12-20/h5-13,19,22,24H,4,14-17H2,1-3H3/t19-,22+/m0/s1. The predicted octanol–water partition coefficient (Wildman–Crippen LogP) is 4.17. The second-order valence-corrected chi connectivity index (χ2v) is 6.77. The highest BCUT2D eigenvalue weighted by molar-refractivity contribution is 5.25. The van der Waals surface area contributed by atoms with Crippen molar-refractivity contribution >= 4 is 0 Å². The maximum absolute atomic E-state index is 10.4. The highest BCUT2D eigenvalue weighted by atomic mass is 16.5. The Bertz CT molecular complexity index is 614. The first-order chi connectivity index (χ1) is 12.1. The molecule has 0 bridgehead atoms. The van der Waals surface area contributed by atoms with E-state index in [-0.39, 0.29) is 0 Å². The number of hydrogen-bond acceptors (Lipinski definition) is 3. The van der Waals surface area contributed by atoms with Crippen LogP contribution in [0.5, 0.6) is 0 Å². The lowest BCUT2D eigenvalue weighted by molar-refractivity contribution is 0.00141. The minimum atomic E-state index is -0.485. The molecule has 0 radical (unpaired) electrons. The molecule has 2 atom stereocenters. The summed E-state index contributed by atoms with van der Waals surface area (Å²) in [7, 11) is 0. The molecule has 3 heteroatoms. The van der Waals surface area contributed by atoms with Crippen LogP contribution in [0.25, 0.3) is 0 Å². The van der Waals surface area contributed by atoms with Crippen LogP contribution in [0.2, 0.25) is 0 Å².